The number of nitrogens with one attached hydrogen (secondary N) is 2. The predicted molar refractivity (Wildman–Crippen MR) is 93.1 cm³/mol. The quantitative estimate of drug-likeness (QED) is 0.744. The largest absolute Gasteiger partial charge is 0.468 e. The second-order valence-electron chi connectivity index (χ2n) is 4.90. The summed E-state index contributed by atoms with van der Waals surface area (Å²) in [6.45, 7) is -0.270. The first-order valence-electron chi connectivity index (χ1n) is 7.05. The van der Waals surface area contributed by atoms with E-state index in [1.54, 1.807) is 12.1 Å². The molecule has 0 aliphatic rings. The second kappa shape index (κ2) is 8.00. The normalized spacial score (nSPS) is 10.8. The Hall–Kier alpha value is -2.58. The van der Waals surface area contributed by atoms with E-state index in [1.165, 1.54) is 43.5 Å². The number of hydrogen-bond donors (Lipinski definition) is 2. The fraction of sp³-hybridized carbons (Fsp3) is 0.125. The highest BCUT2D eigenvalue weighted by molar-refractivity contribution is 7.92. The first-order chi connectivity index (χ1) is 11.8. The van der Waals surface area contributed by atoms with E-state index in [0.29, 0.717) is 10.7 Å². The number of amides is 1. The summed E-state index contributed by atoms with van der Waals surface area (Å²) in [5, 5.41) is 2.85. The SMILES string of the molecule is COC(=O)CNC(=O)c1ccc(S(=O)(=O)Nc2ccc(Cl)cc2)cc1. The fourth-order valence-electron chi connectivity index (χ4n) is 1.84. The molecule has 25 heavy (non-hydrogen) atoms. The molecule has 2 aromatic rings. The highest BCUT2D eigenvalue weighted by atomic mass is 35.5. The van der Waals surface area contributed by atoms with Crippen LogP contribution >= 0.6 is 11.6 Å². The standard InChI is InChI=1S/C16H15ClN2O5S/c1-24-15(20)10-18-16(21)11-2-8-14(9-3-11)25(22,23)19-13-6-4-12(17)5-7-13/h2-9,19H,10H2,1H3,(H,18,21). The van der Waals surface area contributed by atoms with Crippen molar-refractivity contribution in [1.82, 2.24) is 5.32 Å². The number of carbonyl (C=O) groups excluding carboxylic acids is 2. The summed E-state index contributed by atoms with van der Waals surface area (Å²) >= 11 is 5.76. The zero-order valence-electron chi connectivity index (χ0n) is 13.2. The highest BCUT2D eigenvalue weighted by Gasteiger charge is 2.15. The van der Waals surface area contributed by atoms with E-state index in [2.05, 4.69) is 14.8 Å². The number of hydrogen-bond acceptors (Lipinski definition) is 5. The second-order valence-corrected chi connectivity index (χ2v) is 7.01. The molecule has 2 N–H and O–H groups in total. The average Bonchev–Trinajstić information content (AvgIpc) is 2.61. The summed E-state index contributed by atoms with van der Waals surface area (Å²) < 4.78 is 31.5. The van der Waals surface area contributed by atoms with Crippen molar-refractivity contribution in [2.45, 2.75) is 4.90 Å². The molecule has 0 saturated carbocycles. The van der Waals surface area contributed by atoms with Crippen LogP contribution in [0.5, 0.6) is 0 Å². The monoisotopic (exact) mass is 382 g/mol. The van der Waals surface area contributed by atoms with Crippen molar-refractivity contribution in [2.75, 3.05) is 18.4 Å². The van der Waals surface area contributed by atoms with Crippen LogP contribution in [0.1, 0.15) is 10.4 Å². The van der Waals surface area contributed by atoms with Crippen LogP contribution in [-0.4, -0.2) is 33.9 Å². The van der Waals surface area contributed by atoms with Gasteiger partial charge in [-0.2, -0.15) is 0 Å². The van der Waals surface area contributed by atoms with E-state index in [0.717, 1.165) is 0 Å². The van der Waals surface area contributed by atoms with E-state index < -0.39 is 21.9 Å². The number of methoxy groups -OCH3 is 1. The molecular weight excluding hydrogens is 368 g/mol. The molecule has 0 radical (unpaired) electrons. The molecule has 0 spiro atoms. The minimum absolute atomic E-state index is 0.00744. The molecule has 0 heterocycles. The van der Waals surface area contributed by atoms with Crippen LogP contribution < -0.4 is 10.0 Å². The van der Waals surface area contributed by atoms with Gasteiger partial charge in [0.2, 0.25) is 0 Å². The third-order valence-corrected chi connectivity index (χ3v) is 4.79. The van der Waals surface area contributed by atoms with Crippen LogP contribution in [0.3, 0.4) is 0 Å². The maximum Gasteiger partial charge on any atom is 0.325 e. The van der Waals surface area contributed by atoms with Gasteiger partial charge in [-0.25, -0.2) is 8.42 Å². The molecule has 0 aromatic heterocycles. The van der Waals surface area contributed by atoms with Crippen LogP contribution in [0.25, 0.3) is 0 Å². The third-order valence-electron chi connectivity index (χ3n) is 3.14. The minimum atomic E-state index is -3.80. The third kappa shape index (κ3) is 5.20. The van der Waals surface area contributed by atoms with Crippen molar-refractivity contribution in [1.29, 1.82) is 0 Å². The van der Waals surface area contributed by atoms with Gasteiger partial charge in [-0.3, -0.25) is 14.3 Å². The van der Waals surface area contributed by atoms with E-state index in [-0.39, 0.29) is 17.0 Å². The van der Waals surface area contributed by atoms with Gasteiger partial charge >= 0.3 is 5.97 Å². The zero-order valence-corrected chi connectivity index (χ0v) is 14.7. The van der Waals surface area contributed by atoms with Crippen molar-refractivity contribution < 1.29 is 22.7 Å². The maximum absolute atomic E-state index is 12.3. The molecule has 0 atom stereocenters. The molecule has 2 aromatic carbocycles. The molecular formula is C16H15ClN2O5S. The maximum atomic E-state index is 12.3. The predicted octanol–water partition coefficient (Wildman–Crippen LogP) is 2.04. The molecule has 0 saturated heterocycles. The molecule has 0 fully saturated rings. The summed E-state index contributed by atoms with van der Waals surface area (Å²) in [4.78, 5) is 22.8. The molecule has 2 rings (SSSR count). The minimum Gasteiger partial charge on any atom is -0.468 e. The van der Waals surface area contributed by atoms with Crippen molar-refractivity contribution in [3.63, 3.8) is 0 Å². The number of esters is 1. The molecule has 0 bridgehead atoms. The first kappa shape index (κ1) is 18.8. The Labute approximate surface area is 150 Å². The van der Waals surface area contributed by atoms with Crippen molar-refractivity contribution in [3.05, 3.63) is 59.1 Å². The Morgan fingerprint density at radius 3 is 2.20 bits per heavy atom. The van der Waals surface area contributed by atoms with Gasteiger partial charge in [-0.05, 0) is 48.5 Å². The van der Waals surface area contributed by atoms with Crippen molar-refractivity contribution in [2.24, 2.45) is 0 Å². The molecule has 0 aliphatic carbocycles. The van der Waals surface area contributed by atoms with Gasteiger partial charge in [-0.1, -0.05) is 11.6 Å². The van der Waals surface area contributed by atoms with E-state index >= 15 is 0 Å². The van der Waals surface area contributed by atoms with E-state index in [4.69, 9.17) is 11.6 Å². The van der Waals surface area contributed by atoms with Crippen LogP contribution in [0, 0.1) is 0 Å². The highest BCUT2D eigenvalue weighted by Crippen LogP contribution is 2.18. The van der Waals surface area contributed by atoms with Gasteiger partial charge in [0, 0.05) is 16.3 Å². The number of benzene rings is 2. The molecule has 0 unspecified atom stereocenters. The first-order valence-corrected chi connectivity index (χ1v) is 8.91. The van der Waals surface area contributed by atoms with Crippen LogP contribution in [0.4, 0.5) is 5.69 Å². The van der Waals surface area contributed by atoms with Crippen LogP contribution in [-0.2, 0) is 19.6 Å². The van der Waals surface area contributed by atoms with Gasteiger partial charge in [-0.15, -0.1) is 0 Å². The van der Waals surface area contributed by atoms with Gasteiger partial charge in [0.25, 0.3) is 15.9 Å². The summed E-state index contributed by atoms with van der Waals surface area (Å²) in [6.07, 6.45) is 0. The summed E-state index contributed by atoms with van der Waals surface area (Å²) in [5.74, 6) is -1.10. The lowest BCUT2D eigenvalue weighted by Gasteiger charge is -2.09. The number of halogens is 1. The number of sulfonamides is 1. The van der Waals surface area contributed by atoms with Crippen LogP contribution in [0.2, 0.25) is 5.02 Å². The summed E-state index contributed by atoms with van der Waals surface area (Å²) in [7, 11) is -2.59. The number of anilines is 1. The summed E-state index contributed by atoms with van der Waals surface area (Å²) in [5.41, 5.74) is 0.582. The van der Waals surface area contributed by atoms with Gasteiger partial charge in [0.05, 0.1) is 12.0 Å². The Morgan fingerprint density at radius 1 is 1.04 bits per heavy atom. The molecule has 132 valence electrons. The Balaban J connectivity index is 2.08. The Kier molecular flexibility index (Phi) is 6.00. The zero-order chi connectivity index (χ0) is 18.4. The van der Waals surface area contributed by atoms with Crippen molar-refractivity contribution >= 4 is 39.2 Å². The van der Waals surface area contributed by atoms with Gasteiger partial charge < -0.3 is 10.1 Å². The van der Waals surface area contributed by atoms with Gasteiger partial charge in [0.1, 0.15) is 6.54 Å². The van der Waals surface area contributed by atoms with Crippen LogP contribution in [0.15, 0.2) is 53.4 Å². The molecule has 0 aliphatic heterocycles. The average molecular weight is 383 g/mol. The number of ether oxygens (including phenoxy) is 1. The fourth-order valence-corrected chi connectivity index (χ4v) is 3.03. The molecule has 1 amide bonds. The summed E-state index contributed by atoms with van der Waals surface area (Å²) in [6, 6.07) is 11.5. The number of rotatable bonds is 6. The number of carbonyl (C=O) groups is 2. The lowest BCUT2D eigenvalue weighted by Crippen LogP contribution is -2.30. The van der Waals surface area contributed by atoms with Gasteiger partial charge in [0.15, 0.2) is 0 Å². The molecule has 7 nitrogen and oxygen atoms in total. The van der Waals surface area contributed by atoms with Crippen molar-refractivity contribution in [3.8, 4) is 0 Å². The van der Waals surface area contributed by atoms with E-state index in [9.17, 15) is 18.0 Å². The van der Waals surface area contributed by atoms with E-state index in [1.807, 2.05) is 0 Å². The Morgan fingerprint density at radius 2 is 1.64 bits per heavy atom. The molecule has 9 heteroatoms. The Bertz CT molecular complexity index is 864. The lowest BCUT2D eigenvalue weighted by atomic mass is 10.2. The lowest BCUT2D eigenvalue weighted by molar-refractivity contribution is -0.139. The smallest absolute Gasteiger partial charge is 0.325 e. The topological polar surface area (TPSA) is 102 Å².